The van der Waals surface area contributed by atoms with Crippen LogP contribution in [0.25, 0.3) is 6.08 Å². The fourth-order valence-corrected chi connectivity index (χ4v) is 1.41. The van der Waals surface area contributed by atoms with Crippen LogP contribution in [0.15, 0.2) is 23.6 Å². The highest BCUT2D eigenvalue weighted by Gasteiger charge is 2.05. The van der Waals surface area contributed by atoms with Gasteiger partial charge in [-0.15, -0.1) is 11.3 Å². The maximum Gasteiger partial charge on any atom is 0.355 e. The number of hydrogen-bond acceptors (Lipinski definition) is 3. The van der Waals surface area contributed by atoms with E-state index in [9.17, 15) is 4.79 Å². The van der Waals surface area contributed by atoms with Crippen LogP contribution in [0.5, 0.6) is 0 Å². The zero-order valence-electron chi connectivity index (χ0n) is 7.10. The Morgan fingerprint density at radius 3 is 2.92 bits per heavy atom. The lowest BCUT2D eigenvalue weighted by molar-refractivity contribution is 0.0691. The van der Waals surface area contributed by atoms with Gasteiger partial charge in [0.25, 0.3) is 0 Å². The number of nitrogens with zero attached hydrogens (tertiary/aromatic N) is 1. The van der Waals surface area contributed by atoms with Crippen molar-refractivity contribution < 1.29 is 9.90 Å². The molecule has 0 aliphatic rings. The van der Waals surface area contributed by atoms with Gasteiger partial charge in [0.15, 0.2) is 5.69 Å². The van der Waals surface area contributed by atoms with Gasteiger partial charge in [-0.1, -0.05) is 18.2 Å². The number of carboxylic acid groups (broad SMARTS) is 1. The molecule has 1 rings (SSSR count). The van der Waals surface area contributed by atoms with Crippen LogP contribution >= 0.6 is 11.3 Å². The van der Waals surface area contributed by atoms with Crippen molar-refractivity contribution in [2.75, 3.05) is 0 Å². The van der Waals surface area contributed by atoms with Gasteiger partial charge >= 0.3 is 5.97 Å². The number of aromatic carboxylic acids is 1. The summed E-state index contributed by atoms with van der Waals surface area (Å²) in [6, 6.07) is 0. The predicted octanol–water partition coefficient (Wildman–Crippen LogP) is 2.43. The lowest BCUT2D eigenvalue weighted by Crippen LogP contribution is -1.95. The second kappa shape index (κ2) is 4.57. The summed E-state index contributed by atoms with van der Waals surface area (Å²) in [5, 5.41) is 10.8. The molecule has 0 aromatic carbocycles. The third-order valence-electron chi connectivity index (χ3n) is 1.28. The molecule has 1 heterocycles. The minimum Gasteiger partial charge on any atom is -0.476 e. The van der Waals surface area contributed by atoms with E-state index in [1.165, 1.54) is 16.7 Å². The quantitative estimate of drug-likeness (QED) is 0.753. The molecule has 0 fully saturated rings. The van der Waals surface area contributed by atoms with Crippen LogP contribution < -0.4 is 0 Å². The minimum atomic E-state index is -0.984. The standard InChI is InChI=1S/C9H9NO2S/c1-2-3-4-5-8-10-7(6-13-8)9(11)12/h2-6H,1H3,(H,11,12)/b3-2+,5-4+. The monoisotopic (exact) mass is 195 g/mol. The van der Waals surface area contributed by atoms with E-state index >= 15 is 0 Å². The van der Waals surface area contributed by atoms with E-state index in [1.807, 2.05) is 25.2 Å². The molecule has 13 heavy (non-hydrogen) atoms. The lowest BCUT2D eigenvalue weighted by atomic mass is 10.4. The van der Waals surface area contributed by atoms with Gasteiger partial charge in [0.1, 0.15) is 5.01 Å². The highest BCUT2D eigenvalue weighted by atomic mass is 32.1. The molecule has 0 radical (unpaired) electrons. The highest BCUT2D eigenvalue weighted by Crippen LogP contribution is 2.11. The van der Waals surface area contributed by atoms with Crippen LogP contribution in [0.3, 0.4) is 0 Å². The molecule has 0 bridgehead atoms. The number of thiazole rings is 1. The molecular weight excluding hydrogens is 186 g/mol. The maximum absolute atomic E-state index is 10.5. The Morgan fingerprint density at radius 1 is 1.62 bits per heavy atom. The number of aromatic nitrogens is 1. The summed E-state index contributed by atoms with van der Waals surface area (Å²) in [5.74, 6) is -0.984. The van der Waals surface area contributed by atoms with Gasteiger partial charge < -0.3 is 5.11 Å². The average molecular weight is 195 g/mol. The van der Waals surface area contributed by atoms with Gasteiger partial charge in [-0.25, -0.2) is 9.78 Å². The summed E-state index contributed by atoms with van der Waals surface area (Å²) in [6.45, 7) is 1.91. The molecule has 1 N–H and O–H groups in total. The van der Waals surface area contributed by atoms with Crippen molar-refractivity contribution in [1.29, 1.82) is 0 Å². The zero-order chi connectivity index (χ0) is 9.68. The van der Waals surface area contributed by atoms with E-state index in [1.54, 1.807) is 6.08 Å². The zero-order valence-corrected chi connectivity index (χ0v) is 7.91. The van der Waals surface area contributed by atoms with Crippen molar-refractivity contribution in [3.8, 4) is 0 Å². The van der Waals surface area contributed by atoms with Gasteiger partial charge in [0.05, 0.1) is 0 Å². The van der Waals surface area contributed by atoms with Gasteiger partial charge in [0.2, 0.25) is 0 Å². The largest absolute Gasteiger partial charge is 0.476 e. The Balaban J connectivity index is 2.74. The minimum absolute atomic E-state index is 0.102. The second-order valence-electron chi connectivity index (χ2n) is 2.26. The third-order valence-corrected chi connectivity index (χ3v) is 2.09. The number of hydrogen-bond donors (Lipinski definition) is 1. The normalized spacial score (nSPS) is 11.5. The summed E-state index contributed by atoms with van der Waals surface area (Å²) in [4.78, 5) is 14.3. The third kappa shape index (κ3) is 2.83. The molecule has 0 saturated carbocycles. The van der Waals surface area contributed by atoms with Crippen molar-refractivity contribution in [3.63, 3.8) is 0 Å². The first-order valence-electron chi connectivity index (χ1n) is 3.72. The van der Waals surface area contributed by atoms with E-state index in [0.717, 1.165) is 0 Å². The summed E-state index contributed by atoms with van der Waals surface area (Å²) >= 11 is 1.32. The summed E-state index contributed by atoms with van der Waals surface area (Å²) < 4.78 is 0. The molecule has 1 aromatic heterocycles. The van der Waals surface area contributed by atoms with Gasteiger partial charge in [-0.3, -0.25) is 0 Å². The molecule has 0 atom stereocenters. The van der Waals surface area contributed by atoms with Crippen molar-refractivity contribution in [2.45, 2.75) is 6.92 Å². The number of allylic oxidation sites excluding steroid dienone is 3. The smallest absolute Gasteiger partial charge is 0.355 e. The van der Waals surface area contributed by atoms with Crippen LogP contribution in [0.2, 0.25) is 0 Å². The summed E-state index contributed by atoms with van der Waals surface area (Å²) in [5.41, 5.74) is 0.102. The van der Waals surface area contributed by atoms with Crippen LogP contribution in [0, 0.1) is 0 Å². The lowest BCUT2D eigenvalue weighted by Gasteiger charge is -1.81. The number of rotatable bonds is 3. The summed E-state index contributed by atoms with van der Waals surface area (Å²) in [6.07, 6.45) is 7.35. The molecule has 0 aliphatic heterocycles. The van der Waals surface area contributed by atoms with Crippen LogP contribution in [0.4, 0.5) is 0 Å². The molecule has 1 aromatic rings. The molecule has 0 amide bonds. The highest BCUT2D eigenvalue weighted by molar-refractivity contribution is 7.10. The maximum atomic E-state index is 10.5. The van der Waals surface area contributed by atoms with Gasteiger partial charge in [-0.05, 0) is 13.0 Å². The van der Waals surface area contributed by atoms with E-state index in [4.69, 9.17) is 5.11 Å². The molecular formula is C9H9NO2S. The van der Waals surface area contributed by atoms with E-state index < -0.39 is 5.97 Å². The van der Waals surface area contributed by atoms with Crippen molar-refractivity contribution in [3.05, 3.63) is 34.3 Å². The Labute approximate surface area is 80.1 Å². The SMILES string of the molecule is C/C=C/C=C/c1nc(C(=O)O)cs1. The fraction of sp³-hybridized carbons (Fsp3) is 0.111. The first-order chi connectivity index (χ1) is 6.24. The van der Waals surface area contributed by atoms with E-state index in [-0.39, 0.29) is 5.69 Å². The number of carboxylic acids is 1. The topological polar surface area (TPSA) is 50.2 Å². The molecule has 4 heteroatoms. The van der Waals surface area contributed by atoms with Crippen LogP contribution in [-0.2, 0) is 0 Å². The van der Waals surface area contributed by atoms with Crippen LogP contribution in [-0.4, -0.2) is 16.1 Å². The first-order valence-corrected chi connectivity index (χ1v) is 4.60. The van der Waals surface area contributed by atoms with Crippen molar-refractivity contribution in [1.82, 2.24) is 4.98 Å². The Bertz CT molecular complexity index is 352. The van der Waals surface area contributed by atoms with Crippen molar-refractivity contribution >= 4 is 23.4 Å². The molecule has 3 nitrogen and oxygen atoms in total. The fourth-order valence-electron chi connectivity index (χ4n) is 0.711. The van der Waals surface area contributed by atoms with Gasteiger partial charge in [-0.2, -0.15) is 0 Å². The van der Waals surface area contributed by atoms with Crippen molar-refractivity contribution in [2.24, 2.45) is 0 Å². The van der Waals surface area contributed by atoms with Gasteiger partial charge in [0, 0.05) is 5.38 Å². The second-order valence-corrected chi connectivity index (χ2v) is 3.15. The molecule has 0 spiro atoms. The predicted molar refractivity (Wildman–Crippen MR) is 52.9 cm³/mol. The Kier molecular flexibility index (Phi) is 3.40. The van der Waals surface area contributed by atoms with E-state index in [0.29, 0.717) is 5.01 Å². The van der Waals surface area contributed by atoms with E-state index in [2.05, 4.69) is 4.98 Å². The number of carbonyl (C=O) groups is 1. The molecule has 68 valence electrons. The summed E-state index contributed by atoms with van der Waals surface area (Å²) in [7, 11) is 0. The Hall–Kier alpha value is -1.42. The average Bonchev–Trinajstić information content (AvgIpc) is 2.53. The molecule has 0 unspecified atom stereocenters. The molecule has 0 aliphatic carbocycles. The van der Waals surface area contributed by atoms with Crippen LogP contribution in [0.1, 0.15) is 22.4 Å². The Morgan fingerprint density at radius 2 is 2.38 bits per heavy atom. The first kappa shape index (κ1) is 9.67. The molecule has 0 saturated heterocycles.